The number of alkyl halides is 3. The number of halogens is 3. The van der Waals surface area contributed by atoms with E-state index in [2.05, 4.69) is 9.97 Å². The molecule has 0 amide bonds. The molecule has 1 N–H and O–H groups in total. The average molecular weight is 277 g/mol. The molecule has 0 fully saturated rings. The van der Waals surface area contributed by atoms with Gasteiger partial charge in [0.15, 0.2) is 0 Å². The molecule has 0 aliphatic heterocycles. The van der Waals surface area contributed by atoms with Crippen LogP contribution in [0.4, 0.5) is 18.9 Å². The van der Waals surface area contributed by atoms with Gasteiger partial charge in [0, 0.05) is 11.6 Å². The SMILES string of the molecule is O=S(=O)(Nc1cccc2cncnc12)C(F)(F)F. The third-order valence-corrected chi connectivity index (χ3v) is 3.18. The van der Waals surface area contributed by atoms with Crippen LogP contribution in [0.5, 0.6) is 0 Å². The van der Waals surface area contributed by atoms with Crippen molar-refractivity contribution < 1.29 is 21.6 Å². The van der Waals surface area contributed by atoms with Crippen LogP contribution in [0, 0.1) is 0 Å². The largest absolute Gasteiger partial charge is 0.516 e. The Bertz CT molecular complexity index is 680. The van der Waals surface area contributed by atoms with Gasteiger partial charge in [0.2, 0.25) is 0 Å². The highest BCUT2D eigenvalue weighted by atomic mass is 32.2. The lowest BCUT2D eigenvalue weighted by Gasteiger charge is -2.11. The van der Waals surface area contributed by atoms with Gasteiger partial charge >= 0.3 is 15.5 Å². The van der Waals surface area contributed by atoms with E-state index in [1.165, 1.54) is 23.1 Å². The number of sulfonamides is 1. The number of nitrogens with one attached hydrogen (secondary N) is 1. The van der Waals surface area contributed by atoms with E-state index in [4.69, 9.17) is 0 Å². The lowest BCUT2D eigenvalue weighted by Crippen LogP contribution is -2.30. The van der Waals surface area contributed by atoms with Gasteiger partial charge in [-0.2, -0.15) is 21.6 Å². The molecule has 9 heteroatoms. The molecule has 1 heterocycles. The van der Waals surface area contributed by atoms with Gasteiger partial charge in [0.25, 0.3) is 0 Å². The Morgan fingerprint density at radius 3 is 2.61 bits per heavy atom. The molecule has 0 aliphatic carbocycles. The molecule has 2 aromatic rings. The van der Waals surface area contributed by atoms with Gasteiger partial charge in [-0.05, 0) is 6.07 Å². The normalized spacial score (nSPS) is 12.6. The number of para-hydroxylation sites is 1. The van der Waals surface area contributed by atoms with Crippen molar-refractivity contribution in [2.24, 2.45) is 0 Å². The van der Waals surface area contributed by atoms with Crippen molar-refractivity contribution in [3.63, 3.8) is 0 Å². The second kappa shape index (κ2) is 4.09. The number of rotatable bonds is 2. The van der Waals surface area contributed by atoms with Crippen molar-refractivity contribution >= 4 is 26.6 Å². The standard InChI is InChI=1S/C9H6F3N3O2S/c10-9(11,12)18(16,17)15-7-3-1-2-6-4-13-5-14-8(6)7/h1-5,15H. The summed E-state index contributed by atoms with van der Waals surface area (Å²) in [6, 6.07) is 4.15. The van der Waals surface area contributed by atoms with E-state index < -0.39 is 15.5 Å². The quantitative estimate of drug-likeness (QED) is 0.909. The minimum absolute atomic E-state index is 0.0975. The zero-order valence-electron chi connectivity index (χ0n) is 8.64. The van der Waals surface area contributed by atoms with Crippen LogP contribution in [0.15, 0.2) is 30.7 Å². The first-order valence-corrected chi connectivity index (χ1v) is 6.07. The summed E-state index contributed by atoms with van der Waals surface area (Å²) >= 11 is 0. The molecule has 5 nitrogen and oxygen atoms in total. The first-order chi connectivity index (χ1) is 8.31. The van der Waals surface area contributed by atoms with E-state index in [9.17, 15) is 21.6 Å². The highest BCUT2D eigenvalue weighted by Crippen LogP contribution is 2.28. The number of fused-ring (bicyclic) bond motifs is 1. The summed E-state index contributed by atoms with van der Waals surface area (Å²) in [5.41, 5.74) is -5.52. The van der Waals surface area contributed by atoms with Crippen LogP contribution in [0.2, 0.25) is 0 Å². The maximum atomic E-state index is 12.2. The Hall–Kier alpha value is -1.90. The number of hydrogen-bond acceptors (Lipinski definition) is 4. The fourth-order valence-electron chi connectivity index (χ4n) is 1.30. The zero-order chi connectivity index (χ0) is 13.4. The van der Waals surface area contributed by atoms with Gasteiger partial charge < -0.3 is 0 Å². The molecule has 18 heavy (non-hydrogen) atoms. The monoisotopic (exact) mass is 277 g/mol. The summed E-state index contributed by atoms with van der Waals surface area (Å²) < 4.78 is 60.1. The fraction of sp³-hybridized carbons (Fsp3) is 0.111. The maximum Gasteiger partial charge on any atom is 0.516 e. The van der Waals surface area contributed by atoms with E-state index in [1.807, 2.05) is 0 Å². The number of anilines is 1. The van der Waals surface area contributed by atoms with Crippen molar-refractivity contribution in [3.05, 3.63) is 30.7 Å². The summed E-state index contributed by atoms with van der Waals surface area (Å²) in [6.45, 7) is 0. The highest BCUT2D eigenvalue weighted by Gasteiger charge is 2.46. The number of nitrogens with zero attached hydrogens (tertiary/aromatic N) is 2. The smallest absolute Gasteiger partial charge is 0.274 e. The molecule has 0 bridgehead atoms. The predicted octanol–water partition coefficient (Wildman–Crippen LogP) is 1.89. The molecular weight excluding hydrogens is 271 g/mol. The Morgan fingerprint density at radius 2 is 1.94 bits per heavy atom. The van der Waals surface area contributed by atoms with Crippen molar-refractivity contribution in [2.75, 3.05) is 4.72 Å². The van der Waals surface area contributed by atoms with Crippen LogP contribution in [0.25, 0.3) is 10.9 Å². The number of aromatic nitrogens is 2. The lowest BCUT2D eigenvalue weighted by molar-refractivity contribution is -0.0429. The molecule has 0 aliphatic rings. The summed E-state index contributed by atoms with van der Waals surface area (Å²) in [5, 5.41) is 0.430. The van der Waals surface area contributed by atoms with Crippen LogP contribution >= 0.6 is 0 Å². The third-order valence-electron chi connectivity index (χ3n) is 2.08. The van der Waals surface area contributed by atoms with Gasteiger partial charge in [-0.15, -0.1) is 0 Å². The molecule has 96 valence electrons. The molecule has 2 rings (SSSR count). The van der Waals surface area contributed by atoms with Crippen LogP contribution < -0.4 is 4.72 Å². The van der Waals surface area contributed by atoms with Crippen LogP contribution in [-0.4, -0.2) is 23.9 Å². The number of hydrogen-bond donors (Lipinski definition) is 1. The third kappa shape index (κ3) is 2.21. The van der Waals surface area contributed by atoms with E-state index in [0.29, 0.717) is 5.39 Å². The predicted molar refractivity (Wildman–Crippen MR) is 58.1 cm³/mol. The van der Waals surface area contributed by atoms with Crippen molar-refractivity contribution in [3.8, 4) is 0 Å². The minimum Gasteiger partial charge on any atom is -0.274 e. The summed E-state index contributed by atoms with van der Waals surface area (Å²) in [4.78, 5) is 7.43. The zero-order valence-corrected chi connectivity index (χ0v) is 9.46. The molecule has 1 aromatic heterocycles. The fourth-order valence-corrected chi connectivity index (χ4v) is 1.87. The van der Waals surface area contributed by atoms with Crippen molar-refractivity contribution in [1.29, 1.82) is 0 Å². The highest BCUT2D eigenvalue weighted by molar-refractivity contribution is 7.93. The summed E-state index contributed by atoms with van der Waals surface area (Å²) in [6.07, 6.45) is 2.49. The second-order valence-corrected chi connectivity index (χ2v) is 4.99. The average Bonchev–Trinajstić information content (AvgIpc) is 2.27. The Labute approximate surface area is 99.7 Å². The molecule has 0 unspecified atom stereocenters. The van der Waals surface area contributed by atoms with E-state index >= 15 is 0 Å². The van der Waals surface area contributed by atoms with Crippen molar-refractivity contribution in [2.45, 2.75) is 5.51 Å². The molecule has 0 spiro atoms. The van der Waals surface area contributed by atoms with Gasteiger partial charge in [0.05, 0.1) is 11.2 Å². The topological polar surface area (TPSA) is 72.0 Å². The van der Waals surface area contributed by atoms with Crippen molar-refractivity contribution in [1.82, 2.24) is 9.97 Å². The van der Waals surface area contributed by atoms with Gasteiger partial charge in [-0.1, -0.05) is 12.1 Å². The Morgan fingerprint density at radius 1 is 1.22 bits per heavy atom. The Balaban J connectivity index is 2.51. The molecular formula is C9H6F3N3O2S. The first-order valence-electron chi connectivity index (χ1n) is 4.59. The molecule has 0 saturated heterocycles. The van der Waals surface area contributed by atoms with Crippen LogP contribution in [-0.2, 0) is 10.0 Å². The van der Waals surface area contributed by atoms with Gasteiger partial charge in [-0.3, -0.25) is 4.72 Å². The van der Waals surface area contributed by atoms with E-state index in [1.54, 1.807) is 6.07 Å². The van der Waals surface area contributed by atoms with Gasteiger partial charge in [0.1, 0.15) is 6.33 Å². The summed E-state index contributed by atoms with van der Waals surface area (Å²) in [7, 11) is -5.45. The van der Waals surface area contributed by atoms with Crippen LogP contribution in [0.1, 0.15) is 0 Å². The Kier molecular flexibility index (Phi) is 2.85. The van der Waals surface area contributed by atoms with E-state index in [0.717, 1.165) is 6.33 Å². The summed E-state index contributed by atoms with van der Waals surface area (Å²) in [5.74, 6) is 0. The van der Waals surface area contributed by atoms with Crippen LogP contribution in [0.3, 0.4) is 0 Å². The number of benzene rings is 1. The second-order valence-electron chi connectivity index (χ2n) is 3.32. The molecule has 0 saturated carbocycles. The van der Waals surface area contributed by atoms with Gasteiger partial charge in [-0.25, -0.2) is 9.97 Å². The first kappa shape index (κ1) is 12.6. The lowest BCUT2D eigenvalue weighted by atomic mass is 10.2. The molecule has 0 atom stereocenters. The minimum atomic E-state index is -5.45. The molecule has 0 radical (unpaired) electrons. The molecule has 1 aromatic carbocycles. The van der Waals surface area contributed by atoms with E-state index in [-0.39, 0.29) is 11.2 Å². The maximum absolute atomic E-state index is 12.2.